The van der Waals surface area contributed by atoms with Crippen molar-refractivity contribution >= 4 is 0 Å². The molecule has 1 heteroatoms. The third kappa shape index (κ3) is 4.10. The monoisotopic (exact) mass is 288 g/mol. The van der Waals surface area contributed by atoms with E-state index in [0.29, 0.717) is 5.41 Å². The Morgan fingerprint density at radius 1 is 1.43 bits per heavy atom. The number of allylic oxidation sites excluding steroid dienone is 4. The molecule has 3 atom stereocenters. The van der Waals surface area contributed by atoms with Gasteiger partial charge < -0.3 is 5.11 Å². The quantitative estimate of drug-likeness (QED) is 0.687. The fraction of sp³-hybridized carbons (Fsp3) is 0.700. The Kier molecular flexibility index (Phi) is 4.82. The molecule has 118 valence electrons. The molecular formula is C20H32O. The van der Waals surface area contributed by atoms with Crippen molar-refractivity contribution in [2.24, 2.45) is 17.3 Å². The van der Waals surface area contributed by atoms with Crippen LogP contribution in [0.3, 0.4) is 0 Å². The number of hydrogen-bond acceptors (Lipinski definition) is 1. The zero-order valence-electron chi connectivity index (χ0n) is 14.3. The van der Waals surface area contributed by atoms with Crippen molar-refractivity contribution in [2.75, 3.05) is 0 Å². The lowest BCUT2D eigenvalue weighted by Crippen LogP contribution is -2.46. The second-order valence-electron chi connectivity index (χ2n) is 8.12. The van der Waals surface area contributed by atoms with Gasteiger partial charge in [-0.05, 0) is 76.5 Å². The first-order chi connectivity index (χ1) is 9.71. The van der Waals surface area contributed by atoms with Gasteiger partial charge in [-0.15, -0.1) is 0 Å². The minimum absolute atomic E-state index is 0.389. The molecule has 0 saturated heterocycles. The van der Waals surface area contributed by atoms with E-state index in [2.05, 4.69) is 32.6 Å². The van der Waals surface area contributed by atoms with Crippen LogP contribution in [0.1, 0.15) is 66.2 Å². The fourth-order valence-corrected chi connectivity index (χ4v) is 4.13. The maximum Gasteiger partial charge on any atom is 0.0771 e. The minimum Gasteiger partial charge on any atom is -0.386 e. The Bertz CT molecular complexity index is 449. The summed E-state index contributed by atoms with van der Waals surface area (Å²) in [4.78, 5) is 0. The fourth-order valence-electron chi connectivity index (χ4n) is 4.13. The average molecular weight is 288 g/mol. The number of rotatable bonds is 3. The molecule has 0 spiro atoms. The van der Waals surface area contributed by atoms with Gasteiger partial charge in [0.25, 0.3) is 0 Å². The molecule has 0 bridgehead atoms. The lowest BCUT2D eigenvalue weighted by atomic mass is 9.50. The van der Waals surface area contributed by atoms with Crippen molar-refractivity contribution in [3.63, 3.8) is 0 Å². The highest BCUT2D eigenvalue weighted by atomic mass is 16.3. The van der Waals surface area contributed by atoms with Crippen molar-refractivity contribution in [3.8, 4) is 0 Å². The summed E-state index contributed by atoms with van der Waals surface area (Å²) in [6.45, 7) is 12.7. The molecule has 0 aromatic carbocycles. The van der Waals surface area contributed by atoms with Crippen LogP contribution in [0.15, 0.2) is 36.0 Å². The molecule has 1 N–H and O–H groups in total. The Labute approximate surface area is 130 Å². The van der Waals surface area contributed by atoms with Crippen molar-refractivity contribution < 1.29 is 5.11 Å². The van der Waals surface area contributed by atoms with Crippen molar-refractivity contribution in [1.82, 2.24) is 0 Å². The summed E-state index contributed by atoms with van der Waals surface area (Å²) in [6.07, 6.45) is 13.7. The Balaban J connectivity index is 2.05. The molecule has 2 aliphatic rings. The van der Waals surface area contributed by atoms with Crippen LogP contribution < -0.4 is 0 Å². The normalized spacial score (nSPS) is 34.5. The molecule has 2 aliphatic carbocycles. The summed E-state index contributed by atoms with van der Waals surface area (Å²) in [7, 11) is 0. The topological polar surface area (TPSA) is 20.2 Å². The summed E-state index contributed by atoms with van der Waals surface area (Å²) >= 11 is 0. The highest BCUT2D eigenvalue weighted by molar-refractivity contribution is 5.18. The van der Waals surface area contributed by atoms with E-state index in [1.807, 2.05) is 19.9 Å². The first-order valence-electron chi connectivity index (χ1n) is 8.45. The number of fused-ring (bicyclic) bond motifs is 1. The Hall–Kier alpha value is -0.820. The minimum atomic E-state index is -0.694. The van der Waals surface area contributed by atoms with Crippen LogP contribution in [0.5, 0.6) is 0 Å². The summed E-state index contributed by atoms with van der Waals surface area (Å²) in [5.74, 6) is 1.49. The SMILES string of the molecule is C=C1CCC=C(C)CCC2C1CC2(C)CC=CC(C)(C)O. The van der Waals surface area contributed by atoms with Gasteiger partial charge in [-0.2, -0.15) is 0 Å². The van der Waals surface area contributed by atoms with Gasteiger partial charge in [0.15, 0.2) is 0 Å². The van der Waals surface area contributed by atoms with Crippen molar-refractivity contribution in [1.29, 1.82) is 0 Å². The van der Waals surface area contributed by atoms with Crippen LogP contribution in [0, 0.1) is 17.3 Å². The van der Waals surface area contributed by atoms with E-state index < -0.39 is 5.60 Å². The van der Waals surface area contributed by atoms with E-state index in [9.17, 15) is 5.11 Å². The van der Waals surface area contributed by atoms with Crippen LogP contribution in [-0.2, 0) is 0 Å². The second-order valence-corrected chi connectivity index (χ2v) is 8.12. The first kappa shape index (κ1) is 16.5. The molecule has 0 radical (unpaired) electrons. The predicted molar refractivity (Wildman–Crippen MR) is 91.1 cm³/mol. The van der Waals surface area contributed by atoms with Crippen LogP contribution in [0.2, 0.25) is 0 Å². The van der Waals surface area contributed by atoms with Gasteiger partial charge in [0.05, 0.1) is 5.60 Å². The molecule has 21 heavy (non-hydrogen) atoms. The van der Waals surface area contributed by atoms with E-state index in [1.54, 1.807) is 5.57 Å². The van der Waals surface area contributed by atoms with E-state index in [0.717, 1.165) is 24.7 Å². The number of hydrogen-bond donors (Lipinski definition) is 1. The molecule has 0 aromatic rings. The molecular weight excluding hydrogens is 256 g/mol. The van der Waals surface area contributed by atoms with Gasteiger partial charge in [0, 0.05) is 0 Å². The summed E-state index contributed by atoms with van der Waals surface area (Å²) in [5, 5.41) is 9.83. The Morgan fingerprint density at radius 2 is 2.14 bits per heavy atom. The smallest absolute Gasteiger partial charge is 0.0771 e. The van der Waals surface area contributed by atoms with E-state index in [1.165, 1.54) is 31.3 Å². The molecule has 1 fully saturated rings. The highest BCUT2D eigenvalue weighted by Gasteiger charge is 2.49. The first-order valence-corrected chi connectivity index (χ1v) is 8.45. The third-order valence-corrected chi connectivity index (χ3v) is 5.51. The Morgan fingerprint density at radius 3 is 2.81 bits per heavy atom. The van der Waals surface area contributed by atoms with Crippen molar-refractivity contribution in [2.45, 2.75) is 71.8 Å². The van der Waals surface area contributed by atoms with Gasteiger partial charge in [-0.25, -0.2) is 0 Å². The summed E-state index contributed by atoms with van der Waals surface area (Å²) < 4.78 is 0. The van der Waals surface area contributed by atoms with E-state index >= 15 is 0 Å². The zero-order valence-corrected chi connectivity index (χ0v) is 14.3. The van der Waals surface area contributed by atoms with Crippen LogP contribution >= 0.6 is 0 Å². The molecule has 0 aliphatic heterocycles. The van der Waals surface area contributed by atoms with Gasteiger partial charge in [0.2, 0.25) is 0 Å². The molecule has 2 rings (SSSR count). The largest absolute Gasteiger partial charge is 0.386 e. The molecule has 0 aromatic heterocycles. The molecule has 1 saturated carbocycles. The lowest BCUT2D eigenvalue weighted by molar-refractivity contribution is -0.0114. The molecule has 3 unspecified atom stereocenters. The number of aliphatic hydroxyl groups is 1. The summed E-state index contributed by atoms with van der Waals surface area (Å²) in [5.41, 5.74) is 2.71. The van der Waals surface area contributed by atoms with Crippen LogP contribution in [0.4, 0.5) is 0 Å². The van der Waals surface area contributed by atoms with Gasteiger partial charge in [-0.3, -0.25) is 0 Å². The van der Waals surface area contributed by atoms with Crippen LogP contribution in [0.25, 0.3) is 0 Å². The molecule has 0 heterocycles. The van der Waals surface area contributed by atoms with E-state index in [-0.39, 0.29) is 0 Å². The molecule has 1 nitrogen and oxygen atoms in total. The van der Waals surface area contributed by atoms with Gasteiger partial charge in [0.1, 0.15) is 0 Å². The van der Waals surface area contributed by atoms with E-state index in [4.69, 9.17) is 0 Å². The highest BCUT2D eigenvalue weighted by Crippen LogP contribution is 2.58. The van der Waals surface area contributed by atoms with Crippen LogP contribution in [-0.4, -0.2) is 10.7 Å². The van der Waals surface area contributed by atoms with Gasteiger partial charge in [-0.1, -0.05) is 42.9 Å². The third-order valence-electron chi connectivity index (χ3n) is 5.51. The maximum absolute atomic E-state index is 9.83. The van der Waals surface area contributed by atoms with Crippen molar-refractivity contribution in [3.05, 3.63) is 36.0 Å². The summed E-state index contributed by atoms with van der Waals surface area (Å²) in [6, 6.07) is 0. The zero-order chi connectivity index (χ0) is 15.7. The van der Waals surface area contributed by atoms with Gasteiger partial charge >= 0.3 is 0 Å². The second kappa shape index (κ2) is 6.12. The molecule has 0 amide bonds. The lowest BCUT2D eigenvalue weighted by Gasteiger charge is -2.55. The maximum atomic E-state index is 9.83. The average Bonchev–Trinajstić information content (AvgIpc) is 2.38. The predicted octanol–water partition coefficient (Wildman–Crippen LogP) is 5.42. The standard InChI is InChI=1S/C20H32O/c1-15-8-6-9-16(2)17-14-20(5,18(17)11-10-15)13-7-12-19(3,4)21/h7-8,12,17-18,21H,2,6,9-11,13-14H2,1,3-5H3.